The first-order valence-corrected chi connectivity index (χ1v) is 6.85. The number of hydrogen-bond acceptors (Lipinski definition) is 4. The number of hydrogen-bond donors (Lipinski definition) is 1. The van der Waals surface area contributed by atoms with Gasteiger partial charge in [0.25, 0.3) is 5.91 Å². The monoisotopic (exact) mass is 297 g/mol. The van der Waals surface area contributed by atoms with E-state index in [-0.39, 0.29) is 11.4 Å². The Morgan fingerprint density at radius 1 is 1.24 bits per heavy atom. The molecule has 0 atom stereocenters. The largest absolute Gasteiger partial charge is 0.298 e. The Labute approximate surface area is 123 Å². The zero-order chi connectivity index (χ0) is 14.8. The highest BCUT2D eigenvalue weighted by Gasteiger charge is 2.11. The Hall–Kier alpha value is -2.78. The van der Waals surface area contributed by atoms with Crippen LogP contribution in [0.1, 0.15) is 15.9 Å². The number of halogens is 1. The summed E-state index contributed by atoms with van der Waals surface area (Å²) in [6.07, 6.45) is 0. The molecule has 21 heavy (non-hydrogen) atoms. The van der Waals surface area contributed by atoms with E-state index in [2.05, 4.69) is 10.3 Å². The molecule has 0 fully saturated rings. The average Bonchev–Trinajstić information content (AvgIpc) is 2.91. The molecular formula is C15H8FN3OS. The number of para-hydroxylation sites is 1. The maximum absolute atomic E-state index is 13.5. The van der Waals surface area contributed by atoms with Crippen molar-refractivity contribution in [2.75, 3.05) is 5.32 Å². The van der Waals surface area contributed by atoms with Crippen molar-refractivity contribution in [3.05, 3.63) is 59.4 Å². The van der Waals surface area contributed by atoms with E-state index in [9.17, 15) is 9.18 Å². The lowest BCUT2D eigenvalue weighted by Crippen LogP contribution is -2.11. The van der Waals surface area contributed by atoms with Gasteiger partial charge in [0, 0.05) is 5.56 Å². The van der Waals surface area contributed by atoms with E-state index >= 15 is 0 Å². The van der Waals surface area contributed by atoms with Gasteiger partial charge in [0.1, 0.15) is 11.3 Å². The van der Waals surface area contributed by atoms with Crippen LogP contribution in [-0.2, 0) is 0 Å². The third-order valence-corrected chi connectivity index (χ3v) is 3.80. The molecule has 0 spiro atoms. The summed E-state index contributed by atoms with van der Waals surface area (Å²) < 4.78 is 14.2. The molecule has 0 saturated carbocycles. The zero-order valence-corrected chi connectivity index (χ0v) is 11.4. The van der Waals surface area contributed by atoms with Crippen LogP contribution in [0.15, 0.2) is 42.5 Å². The Morgan fingerprint density at radius 2 is 2.00 bits per heavy atom. The number of anilines is 1. The van der Waals surface area contributed by atoms with Crippen molar-refractivity contribution in [3.8, 4) is 6.07 Å². The summed E-state index contributed by atoms with van der Waals surface area (Å²) in [6.45, 7) is 0. The van der Waals surface area contributed by atoms with Gasteiger partial charge in [0.2, 0.25) is 0 Å². The van der Waals surface area contributed by atoms with E-state index in [1.165, 1.54) is 17.4 Å². The number of nitrogens with one attached hydrogen (secondary N) is 1. The quantitative estimate of drug-likeness (QED) is 0.786. The lowest BCUT2D eigenvalue weighted by molar-refractivity contribution is 0.102. The third-order valence-electron chi connectivity index (χ3n) is 2.87. The summed E-state index contributed by atoms with van der Waals surface area (Å²) in [5.41, 5.74) is 1.14. The molecule has 0 bridgehead atoms. The minimum absolute atomic E-state index is 0.248. The molecule has 3 rings (SSSR count). The SMILES string of the molecule is N#Cc1ccc(C(=O)Nc2nc3c(F)cccc3s2)cc1. The second-order valence-corrected chi connectivity index (χ2v) is 5.28. The first-order chi connectivity index (χ1) is 10.2. The molecule has 102 valence electrons. The number of amides is 1. The summed E-state index contributed by atoms with van der Waals surface area (Å²) in [5.74, 6) is -0.762. The van der Waals surface area contributed by atoms with Crippen LogP contribution in [0.25, 0.3) is 10.2 Å². The number of nitrogens with zero attached hydrogens (tertiary/aromatic N) is 2. The van der Waals surface area contributed by atoms with Gasteiger partial charge >= 0.3 is 0 Å². The summed E-state index contributed by atoms with van der Waals surface area (Å²) in [6, 6.07) is 12.9. The molecule has 3 aromatic rings. The highest BCUT2D eigenvalue weighted by atomic mass is 32.1. The zero-order valence-electron chi connectivity index (χ0n) is 10.6. The van der Waals surface area contributed by atoms with Crippen LogP contribution in [0.4, 0.5) is 9.52 Å². The van der Waals surface area contributed by atoms with E-state index in [4.69, 9.17) is 5.26 Å². The summed E-state index contributed by atoms with van der Waals surface area (Å²) in [7, 11) is 0. The molecule has 6 heteroatoms. The molecule has 4 nitrogen and oxygen atoms in total. The van der Waals surface area contributed by atoms with Crippen molar-refractivity contribution in [3.63, 3.8) is 0 Å². The number of carbonyl (C=O) groups excluding carboxylic acids is 1. The van der Waals surface area contributed by atoms with Gasteiger partial charge in [0.05, 0.1) is 16.3 Å². The fourth-order valence-electron chi connectivity index (χ4n) is 1.83. The number of benzene rings is 2. The second kappa shape index (κ2) is 5.31. The van der Waals surface area contributed by atoms with Crippen LogP contribution in [0.5, 0.6) is 0 Å². The summed E-state index contributed by atoms with van der Waals surface area (Å²) >= 11 is 1.21. The van der Waals surface area contributed by atoms with Gasteiger partial charge in [-0.3, -0.25) is 10.1 Å². The van der Waals surface area contributed by atoms with Crippen molar-refractivity contribution < 1.29 is 9.18 Å². The van der Waals surface area contributed by atoms with E-state index in [0.29, 0.717) is 21.0 Å². The lowest BCUT2D eigenvalue weighted by Gasteiger charge is -2.01. The van der Waals surface area contributed by atoms with Crippen LogP contribution in [0.2, 0.25) is 0 Å². The van der Waals surface area contributed by atoms with Crippen LogP contribution in [0.3, 0.4) is 0 Å². The topological polar surface area (TPSA) is 65.8 Å². The Bertz CT molecular complexity index is 865. The van der Waals surface area contributed by atoms with E-state index in [1.807, 2.05) is 6.07 Å². The molecule has 0 aliphatic rings. The minimum atomic E-state index is -0.414. The van der Waals surface area contributed by atoms with Gasteiger partial charge in [-0.1, -0.05) is 17.4 Å². The smallest absolute Gasteiger partial charge is 0.257 e. The lowest BCUT2D eigenvalue weighted by atomic mass is 10.1. The van der Waals surface area contributed by atoms with Crippen LogP contribution < -0.4 is 5.32 Å². The third kappa shape index (κ3) is 2.59. The molecule has 0 aliphatic carbocycles. The van der Waals surface area contributed by atoms with Crippen LogP contribution >= 0.6 is 11.3 Å². The first kappa shape index (κ1) is 13.2. The molecule has 0 aliphatic heterocycles. The average molecular weight is 297 g/mol. The van der Waals surface area contributed by atoms with Crippen molar-refractivity contribution >= 4 is 32.6 Å². The number of aromatic nitrogens is 1. The fraction of sp³-hybridized carbons (Fsp3) is 0. The van der Waals surface area contributed by atoms with Crippen LogP contribution in [0, 0.1) is 17.1 Å². The van der Waals surface area contributed by atoms with Gasteiger partial charge in [-0.15, -0.1) is 0 Å². The van der Waals surface area contributed by atoms with E-state index < -0.39 is 5.82 Å². The second-order valence-electron chi connectivity index (χ2n) is 4.25. The number of carbonyl (C=O) groups is 1. The van der Waals surface area contributed by atoms with Crippen LogP contribution in [-0.4, -0.2) is 10.9 Å². The molecule has 1 aromatic heterocycles. The molecule has 2 aromatic carbocycles. The Kier molecular flexibility index (Phi) is 3.34. The minimum Gasteiger partial charge on any atom is -0.298 e. The molecule has 0 radical (unpaired) electrons. The Morgan fingerprint density at radius 3 is 2.67 bits per heavy atom. The number of fused-ring (bicyclic) bond motifs is 1. The van der Waals surface area contributed by atoms with Crippen molar-refractivity contribution in [1.29, 1.82) is 5.26 Å². The Balaban J connectivity index is 1.85. The number of thiazole rings is 1. The van der Waals surface area contributed by atoms with Gasteiger partial charge < -0.3 is 0 Å². The van der Waals surface area contributed by atoms with E-state index in [0.717, 1.165) is 0 Å². The molecule has 1 N–H and O–H groups in total. The highest BCUT2D eigenvalue weighted by molar-refractivity contribution is 7.22. The van der Waals surface area contributed by atoms with Crippen molar-refractivity contribution in [1.82, 2.24) is 4.98 Å². The molecule has 0 saturated heterocycles. The highest BCUT2D eigenvalue weighted by Crippen LogP contribution is 2.27. The van der Waals surface area contributed by atoms with E-state index in [1.54, 1.807) is 36.4 Å². The predicted octanol–water partition coefficient (Wildman–Crippen LogP) is 3.56. The van der Waals surface area contributed by atoms with Gasteiger partial charge in [0.15, 0.2) is 5.13 Å². The standard InChI is InChI=1S/C15H8FN3OS/c16-11-2-1-3-12-13(11)18-15(21-12)19-14(20)10-6-4-9(8-17)5-7-10/h1-7H,(H,18,19,20). The normalized spacial score (nSPS) is 10.3. The maximum atomic E-state index is 13.5. The number of nitriles is 1. The summed E-state index contributed by atoms with van der Waals surface area (Å²) in [5, 5.41) is 11.7. The molecule has 0 unspecified atom stereocenters. The van der Waals surface area contributed by atoms with Gasteiger partial charge in [-0.25, -0.2) is 9.37 Å². The van der Waals surface area contributed by atoms with Gasteiger partial charge in [-0.2, -0.15) is 5.26 Å². The number of rotatable bonds is 2. The summed E-state index contributed by atoms with van der Waals surface area (Å²) in [4.78, 5) is 16.1. The molecule has 1 heterocycles. The maximum Gasteiger partial charge on any atom is 0.257 e. The predicted molar refractivity (Wildman–Crippen MR) is 78.7 cm³/mol. The first-order valence-electron chi connectivity index (χ1n) is 6.04. The van der Waals surface area contributed by atoms with Gasteiger partial charge in [-0.05, 0) is 36.4 Å². The molecule has 1 amide bonds. The fourth-order valence-corrected chi connectivity index (χ4v) is 2.71. The molecular weight excluding hydrogens is 289 g/mol. The van der Waals surface area contributed by atoms with Crippen molar-refractivity contribution in [2.24, 2.45) is 0 Å². The van der Waals surface area contributed by atoms with Crippen molar-refractivity contribution in [2.45, 2.75) is 0 Å².